The monoisotopic (exact) mass is 188 g/mol. The van der Waals surface area contributed by atoms with Crippen LogP contribution < -0.4 is 0 Å². The van der Waals surface area contributed by atoms with Crippen LogP contribution in [0.25, 0.3) is 0 Å². The van der Waals surface area contributed by atoms with Crippen molar-refractivity contribution in [3.8, 4) is 0 Å². The summed E-state index contributed by atoms with van der Waals surface area (Å²) >= 11 is 0. The van der Waals surface area contributed by atoms with Crippen molar-refractivity contribution in [1.29, 1.82) is 0 Å². The maximum absolute atomic E-state index is 11.3. The zero-order valence-electron chi connectivity index (χ0n) is 7.95. The molecule has 0 aromatic rings. The first-order valence-electron chi connectivity index (χ1n) is 4.58. The van der Waals surface area contributed by atoms with Crippen LogP contribution in [0, 0.1) is 5.92 Å². The van der Waals surface area contributed by atoms with Crippen molar-refractivity contribution in [2.75, 3.05) is 33.5 Å². The lowest BCUT2D eigenvalue weighted by Crippen LogP contribution is -2.26. The van der Waals surface area contributed by atoms with Crippen LogP contribution in [0.2, 0.25) is 0 Å². The van der Waals surface area contributed by atoms with Gasteiger partial charge in [-0.1, -0.05) is 0 Å². The van der Waals surface area contributed by atoms with Gasteiger partial charge in [0, 0.05) is 20.3 Å². The van der Waals surface area contributed by atoms with Crippen molar-refractivity contribution in [2.45, 2.75) is 12.8 Å². The van der Waals surface area contributed by atoms with E-state index in [-0.39, 0.29) is 11.9 Å². The fourth-order valence-corrected chi connectivity index (χ4v) is 1.28. The number of hydrogen-bond acceptors (Lipinski definition) is 4. The van der Waals surface area contributed by atoms with Crippen LogP contribution in [0.5, 0.6) is 0 Å². The molecule has 13 heavy (non-hydrogen) atoms. The first kappa shape index (κ1) is 10.5. The molecule has 0 bridgehead atoms. The minimum Gasteiger partial charge on any atom is -0.463 e. The molecule has 0 N–H and O–H groups in total. The molecule has 0 aromatic heterocycles. The molecule has 0 spiro atoms. The lowest BCUT2D eigenvalue weighted by Gasteiger charge is -2.20. The maximum atomic E-state index is 11.3. The number of methoxy groups -OCH3 is 1. The third-order valence-electron chi connectivity index (χ3n) is 2.09. The van der Waals surface area contributed by atoms with Crippen LogP contribution in [0.1, 0.15) is 12.8 Å². The van der Waals surface area contributed by atoms with Crippen molar-refractivity contribution in [3.63, 3.8) is 0 Å². The molecule has 1 saturated heterocycles. The highest BCUT2D eigenvalue weighted by molar-refractivity contribution is 5.72. The average Bonchev–Trinajstić information content (AvgIpc) is 2.19. The number of esters is 1. The Balaban J connectivity index is 2.13. The molecular formula is C9H16O4. The van der Waals surface area contributed by atoms with Gasteiger partial charge in [-0.25, -0.2) is 0 Å². The van der Waals surface area contributed by atoms with Crippen LogP contribution in [-0.4, -0.2) is 39.5 Å². The van der Waals surface area contributed by atoms with Crippen LogP contribution in [-0.2, 0) is 19.0 Å². The minimum atomic E-state index is -0.111. The van der Waals surface area contributed by atoms with Gasteiger partial charge in [-0.15, -0.1) is 0 Å². The fraction of sp³-hybridized carbons (Fsp3) is 0.889. The van der Waals surface area contributed by atoms with Gasteiger partial charge in [0.25, 0.3) is 0 Å². The smallest absolute Gasteiger partial charge is 0.309 e. The Bertz CT molecular complexity index is 152. The van der Waals surface area contributed by atoms with E-state index in [0.29, 0.717) is 26.4 Å². The zero-order chi connectivity index (χ0) is 9.52. The quantitative estimate of drug-likeness (QED) is 0.479. The predicted molar refractivity (Wildman–Crippen MR) is 46.4 cm³/mol. The molecule has 4 heteroatoms. The molecular weight excluding hydrogens is 172 g/mol. The van der Waals surface area contributed by atoms with Crippen molar-refractivity contribution in [3.05, 3.63) is 0 Å². The number of ether oxygens (including phenoxy) is 3. The van der Waals surface area contributed by atoms with E-state index in [9.17, 15) is 4.79 Å². The van der Waals surface area contributed by atoms with E-state index in [2.05, 4.69) is 0 Å². The second-order valence-electron chi connectivity index (χ2n) is 3.05. The highest BCUT2D eigenvalue weighted by atomic mass is 16.6. The van der Waals surface area contributed by atoms with Gasteiger partial charge in [0.15, 0.2) is 0 Å². The lowest BCUT2D eigenvalue weighted by atomic mass is 10.0. The van der Waals surface area contributed by atoms with E-state index < -0.39 is 0 Å². The van der Waals surface area contributed by atoms with Gasteiger partial charge in [0.2, 0.25) is 0 Å². The van der Waals surface area contributed by atoms with Crippen molar-refractivity contribution >= 4 is 5.97 Å². The Kier molecular flexibility index (Phi) is 4.78. The first-order valence-corrected chi connectivity index (χ1v) is 4.58. The van der Waals surface area contributed by atoms with Crippen molar-refractivity contribution in [2.24, 2.45) is 5.92 Å². The third-order valence-corrected chi connectivity index (χ3v) is 2.09. The van der Waals surface area contributed by atoms with Gasteiger partial charge in [-0.3, -0.25) is 4.79 Å². The number of carbonyl (C=O) groups excluding carboxylic acids is 1. The predicted octanol–water partition coefficient (Wildman–Crippen LogP) is 0.603. The molecule has 0 radical (unpaired) electrons. The topological polar surface area (TPSA) is 44.8 Å². The molecule has 0 aromatic carbocycles. The molecule has 0 amide bonds. The summed E-state index contributed by atoms with van der Waals surface area (Å²) in [6.07, 6.45) is 1.57. The summed E-state index contributed by atoms with van der Waals surface area (Å²) in [5.41, 5.74) is 0. The third kappa shape index (κ3) is 3.74. The number of hydrogen-bond donors (Lipinski definition) is 0. The highest BCUT2D eigenvalue weighted by Gasteiger charge is 2.22. The average molecular weight is 188 g/mol. The largest absolute Gasteiger partial charge is 0.463 e. The zero-order valence-corrected chi connectivity index (χ0v) is 7.95. The molecule has 0 saturated carbocycles. The Labute approximate surface area is 78.2 Å². The fourth-order valence-electron chi connectivity index (χ4n) is 1.28. The summed E-state index contributed by atoms with van der Waals surface area (Å²) in [7, 11) is 1.59. The summed E-state index contributed by atoms with van der Waals surface area (Å²) in [6, 6.07) is 0. The van der Waals surface area contributed by atoms with Gasteiger partial charge in [0.1, 0.15) is 6.61 Å². The molecule has 1 fully saturated rings. The highest BCUT2D eigenvalue weighted by Crippen LogP contribution is 2.15. The van der Waals surface area contributed by atoms with E-state index in [0.717, 1.165) is 12.8 Å². The normalized spacial score (nSPS) is 18.5. The lowest BCUT2D eigenvalue weighted by molar-refractivity contribution is -0.152. The Morgan fingerprint density at radius 3 is 2.69 bits per heavy atom. The van der Waals surface area contributed by atoms with Crippen LogP contribution >= 0.6 is 0 Å². The van der Waals surface area contributed by atoms with Gasteiger partial charge < -0.3 is 14.2 Å². The standard InChI is InChI=1S/C9H16O4/c1-11-6-7-13-9(10)8-2-4-12-5-3-8/h8H,2-7H2,1H3. The Morgan fingerprint density at radius 2 is 2.08 bits per heavy atom. The molecule has 0 unspecified atom stereocenters. The van der Waals surface area contributed by atoms with E-state index in [1.165, 1.54) is 0 Å². The molecule has 1 rings (SSSR count). The van der Waals surface area contributed by atoms with Crippen molar-refractivity contribution in [1.82, 2.24) is 0 Å². The molecule has 4 nitrogen and oxygen atoms in total. The van der Waals surface area contributed by atoms with E-state index in [4.69, 9.17) is 14.2 Å². The second-order valence-corrected chi connectivity index (χ2v) is 3.05. The summed E-state index contributed by atoms with van der Waals surface area (Å²) < 4.78 is 14.9. The number of rotatable bonds is 4. The summed E-state index contributed by atoms with van der Waals surface area (Å²) in [4.78, 5) is 11.3. The summed E-state index contributed by atoms with van der Waals surface area (Å²) in [6.45, 7) is 2.16. The van der Waals surface area contributed by atoms with Crippen LogP contribution in [0.15, 0.2) is 0 Å². The maximum Gasteiger partial charge on any atom is 0.309 e. The van der Waals surface area contributed by atoms with Gasteiger partial charge in [-0.2, -0.15) is 0 Å². The van der Waals surface area contributed by atoms with Gasteiger partial charge >= 0.3 is 5.97 Å². The van der Waals surface area contributed by atoms with Crippen LogP contribution in [0.4, 0.5) is 0 Å². The van der Waals surface area contributed by atoms with Crippen molar-refractivity contribution < 1.29 is 19.0 Å². The van der Waals surface area contributed by atoms with Gasteiger partial charge in [0.05, 0.1) is 12.5 Å². The van der Waals surface area contributed by atoms with Gasteiger partial charge in [-0.05, 0) is 12.8 Å². The molecule has 0 aliphatic carbocycles. The minimum absolute atomic E-state index is 0.0330. The van der Waals surface area contributed by atoms with E-state index in [1.807, 2.05) is 0 Å². The van der Waals surface area contributed by atoms with E-state index >= 15 is 0 Å². The van der Waals surface area contributed by atoms with E-state index in [1.54, 1.807) is 7.11 Å². The Morgan fingerprint density at radius 1 is 1.38 bits per heavy atom. The molecule has 0 atom stereocenters. The van der Waals surface area contributed by atoms with Crippen LogP contribution in [0.3, 0.4) is 0 Å². The summed E-state index contributed by atoms with van der Waals surface area (Å²) in [5, 5.41) is 0. The second kappa shape index (κ2) is 5.94. The first-order chi connectivity index (χ1) is 6.34. The molecule has 76 valence electrons. The molecule has 1 aliphatic heterocycles. The summed E-state index contributed by atoms with van der Waals surface area (Å²) in [5.74, 6) is -0.0778. The number of carbonyl (C=O) groups is 1. The molecule has 1 heterocycles. The Hall–Kier alpha value is -0.610. The molecule has 1 aliphatic rings. The SMILES string of the molecule is COCCOC(=O)C1CCOCC1.